The van der Waals surface area contributed by atoms with E-state index in [1.54, 1.807) is 12.3 Å². The number of hydrogen-bond acceptors (Lipinski definition) is 3. The van der Waals surface area contributed by atoms with Crippen molar-refractivity contribution >= 4 is 34.2 Å². The van der Waals surface area contributed by atoms with Crippen LogP contribution in [0.3, 0.4) is 0 Å². The highest BCUT2D eigenvalue weighted by Crippen LogP contribution is 2.19. The minimum atomic E-state index is -0.553. The number of rotatable bonds is 2. The summed E-state index contributed by atoms with van der Waals surface area (Å²) in [5.41, 5.74) is 12.5. The molecule has 0 aliphatic heterocycles. The van der Waals surface area contributed by atoms with Gasteiger partial charge in [-0.15, -0.1) is 0 Å². The number of primary amides is 1. The van der Waals surface area contributed by atoms with Crippen LogP contribution >= 0.6 is 22.6 Å². The first-order valence-corrected chi connectivity index (χ1v) is 5.56. The lowest BCUT2D eigenvalue weighted by atomic mass is 10.3. The van der Waals surface area contributed by atoms with E-state index in [2.05, 4.69) is 27.7 Å². The predicted octanol–water partition coefficient (Wildman–Crippen LogP) is 1.16. The van der Waals surface area contributed by atoms with E-state index in [4.69, 9.17) is 11.5 Å². The van der Waals surface area contributed by atoms with Gasteiger partial charge in [0.2, 0.25) is 0 Å². The van der Waals surface area contributed by atoms with Gasteiger partial charge in [0.15, 0.2) is 0 Å². The molecule has 0 saturated carbocycles. The van der Waals surface area contributed by atoms with Crippen molar-refractivity contribution in [3.8, 4) is 5.69 Å². The molecule has 2 rings (SSSR count). The quantitative estimate of drug-likeness (QED) is 0.641. The van der Waals surface area contributed by atoms with Crippen LogP contribution in [0.5, 0.6) is 0 Å². The van der Waals surface area contributed by atoms with Crippen molar-refractivity contribution < 1.29 is 4.79 Å². The lowest BCUT2D eigenvalue weighted by Crippen LogP contribution is -2.12. The van der Waals surface area contributed by atoms with Crippen LogP contribution in [-0.4, -0.2) is 15.7 Å². The third-order valence-corrected chi connectivity index (χ3v) is 2.75. The Hall–Kier alpha value is -1.57. The molecule has 16 heavy (non-hydrogen) atoms. The maximum absolute atomic E-state index is 10.9. The van der Waals surface area contributed by atoms with Crippen LogP contribution in [0, 0.1) is 3.57 Å². The number of halogens is 1. The topological polar surface area (TPSA) is 86.9 Å². The van der Waals surface area contributed by atoms with E-state index in [1.165, 1.54) is 4.68 Å². The summed E-state index contributed by atoms with van der Waals surface area (Å²) in [6.45, 7) is 0. The van der Waals surface area contributed by atoms with Crippen LogP contribution in [0.25, 0.3) is 5.69 Å². The predicted molar refractivity (Wildman–Crippen MR) is 69.2 cm³/mol. The van der Waals surface area contributed by atoms with Crippen molar-refractivity contribution in [1.29, 1.82) is 0 Å². The smallest absolute Gasteiger partial charge is 0.269 e. The van der Waals surface area contributed by atoms with Crippen LogP contribution in [0.4, 0.5) is 5.69 Å². The van der Waals surface area contributed by atoms with Crippen LogP contribution in [-0.2, 0) is 0 Å². The summed E-state index contributed by atoms with van der Waals surface area (Å²) >= 11 is 2.17. The molecule has 0 fully saturated rings. The summed E-state index contributed by atoms with van der Waals surface area (Å²) in [6, 6.07) is 7.15. The van der Waals surface area contributed by atoms with Crippen molar-refractivity contribution in [3.63, 3.8) is 0 Å². The van der Waals surface area contributed by atoms with Crippen molar-refractivity contribution in [2.24, 2.45) is 5.73 Å². The van der Waals surface area contributed by atoms with Gasteiger partial charge in [-0.05, 0) is 46.9 Å². The number of nitrogen functional groups attached to an aromatic ring is 1. The van der Waals surface area contributed by atoms with Crippen molar-refractivity contribution in [3.05, 3.63) is 39.7 Å². The van der Waals surface area contributed by atoms with E-state index in [9.17, 15) is 4.79 Å². The van der Waals surface area contributed by atoms with Crippen LogP contribution in [0.1, 0.15) is 10.5 Å². The SMILES string of the molecule is NC(=O)c1ccn(-c2ccc(I)cc2N)n1. The number of benzene rings is 1. The minimum Gasteiger partial charge on any atom is -0.397 e. The summed E-state index contributed by atoms with van der Waals surface area (Å²) < 4.78 is 2.58. The molecular weight excluding hydrogens is 319 g/mol. The van der Waals surface area contributed by atoms with Gasteiger partial charge >= 0.3 is 0 Å². The highest BCUT2D eigenvalue weighted by molar-refractivity contribution is 14.1. The van der Waals surface area contributed by atoms with E-state index >= 15 is 0 Å². The fourth-order valence-corrected chi connectivity index (χ4v) is 1.84. The van der Waals surface area contributed by atoms with Gasteiger partial charge in [0.25, 0.3) is 5.91 Å². The number of carbonyl (C=O) groups is 1. The lowest BCUT2D eigenvalue weighted by molar-refractivity contribution is 0.0995. The van der Waals surface area contributed by atoms with E-state index < -0.39 is 5.91 Å². The summed E-state index contributed by atoms with van der Waals surface area (Å²) in [7, 11) is 0. The first kappa shape index (κ1) is 10.9. The average molecular weight is 328 g/mol. The van der Waals surface area contributed by atoms with Crippen molar-refractivity contribution in [2.45, 2.75) is 0 Å². The van der Waals surface area contributed by atoms with Gasteiger partial charge in [0, 0.05) is 9.77 Å². The highest BCUT2D eigenvalue weighted by atomic mass is 127. The third kappa shape index (κ3) is 2.01. The molecule has 0 radical (unpaired) electrons. The zero-order valence-electron chi connectivity index (χ0n) is 8.22. The largest absolute Gasteiger partial charge is 0.397 e. The van der Waals surface area contributed by atoms with E-state index in [0.717, 1.165) is 9.26 Å². The molecule has 0 spiro atoms. The number of anilines is 1. The average Bonchev–Trinajstić information content (AvgIpc) is 2.66. The number of carbonyl (C=O) groups excluding carboxylic acids is 1. The summed E-state index contributed by atoms with van der Waals surface area (Å²) in [5.74, 6) is -0.553. The Morgan fingerprint density at radius 3 is 2.69 bits per heavy atom. The first-order chi connectivity index (χ1) is 7.58. The number of amides is 1. The molecule has 2 aromatic rings. The molecule has 4 N–H and O–H groups in total. The standard InChI is InChI=1S/C10H9IN4O/c11-6-1-2-9(7(12)5-6)15-4-3-8(14-15)10(13)16/h1-5H,12H2,(H2,13,16). The van der Waals surface area contributed by atoms with Crippen molar-refractivity contribution in [1.82, 2.24) is 9.78 Å². The molecule has 1 amide bonds. The van der Waals surface area contributed by atoms with Gasteiger partial charge in [0.1, 0.15) is 5.69 Å². The van der Waals surface area contributed by atoms with Crippen LogP contribution in [0.15, 0.2) is 30.5 Å². The fraction of sp³-hybridized carbons (Fsp3) is 0. The molecule has 1 heterocycles. The number of aromatic nitrogens is 2. The van der Waals surface area contributed by atoms with Gasteiger partial charge in [-0.3, -0.25) is 4.79 Å². The Morgan fingerprint density at radius 1 is 1.38 bits per heavy atom. The van der Waals surface area contributed by atoms with Crippen LogP contribution in [0.2, 0.25) is 0 Å². The molecule has 0 bridgehead atoms. The van der Waals surface area contributed by atoms with Crippen LogP contribution < -0.4 is 11.5 Å². The molecule has 0 saturated heterocycles. The third-order valence-electron chi connectivity index (χ3n) is 2.08. The van der Waals surface area contributed by atoms with E-state index in [1.807, 2.05) is 18.2 Å². The molecule has 1 aromatic carbocycles. The second-order valence-corrected chi connectivity index (χ2v) is 4.46. The summed E-state index contributed by atoms with van der Waals surface area (Å²) in [6.07, 6.45) is 1.65. The fourth-order valence-electron chi connectivity index (χ4n) is 1.32. The molecule has 6 heteroatoms. The van der Waals surface area contributed by atoms with Gasteiger partial charge in [-0.25, -0.2) is 4.68 Å². The molecule has 0 aliphatic carbocycles. The molecule has 5 nitrogen and oxygen atoms in total. The zero-order valence-corrected chi connectivity index (χ0v) is 10.4. The molecular formula is C10H9IN4O. The second-order valence-electron chi connectivity index (χ2n) is 3.21. The maximum atomic E-state index is 10.9. The van der Waals surface area contributed by atoms with Gasteiger partial charge < -0.3 is 11.5 Å². The van der Waals surface area contributed by atoms with Gasteiger partial charge in [-0.1, -0.05) is 0 Å². The number of hydrogen-bond donors (Lipinski definition) is 2. The Kier molecular flexibility index (Phi) is 2.82. The summed E-state index contributed by atoms with van der Waals surface area (Å²) in [4.78, 5) is 10.9. The zero-order chi connectivity index (χ0) is 11.7. The number of nitrogens with zero attached hydrogens (tertiary/aromatic N) is 2. The Labute approximate surface area is 106 Å². The summed E-state index contributed by atoms with van der Waals surface area (Å²) in [5, 5.41) is 4.03. The molecule has 0 atom stereocenters. The normalized spacial score (nSPS) is 10.3. The van der Waals surface area contributed by atoms with Crippen molar-refractivity contribution in [2.75, 3.05) is 5.73 Å². The maximum Gasteiger partial charge on any atom is 0.269 e. The van der Waals surface area contributed by atoms with Gasteiger partial charge in [-0.2, -0.15) is 5.10 Å². The second kappa shape index (κ2) is 4.12. The Balaban J connectivity index is 2.46. The van der Waals surface area contributed by atoms with E-state index in [0.29, 0.717) is 5.69 Å². The Bertz CT molecular complexity index is 550. The highest BCUT2D eigenvalue weighted by Gasteiger charge is 2.07. The molecule has 82 valence electrons. The number of nitrogens with two attached hydrogens (primary N) is 2. The Morgan fingerprint density at radius 2 is 2.12 bits per heavy atom. The molecule has 1 aromatic heterocycles. The first-order valence-electron chi connectivity index (χ1n) is 4.49. The monoisotopic (exact) mass is 328 g/mol. The van der Waals surface area contributed by atoms with E-state index in [-0.39, 0.29) is 5.69 Å². The molecule has 0 unspecified atom stereocenters. The molecule has 0 aliphatic rings. The lowest BCUT2D eigenvalue weighted by Gasteiger charge is -2.05. The van der Waals surface area contributed by atoms with Gasteiger partial charge in [0.05, 0.1) is 11.4 Å². The minimum absolute atomic E-state index is 0.220.